The summed E-state index contributed by atoms with van der Waals surface area (Å²) in [6, 6.07) is 9.48. The average molecular weight is 377 g/mol. The van der Waals surface area contributed by atoms with Gasteiger partial charge in [0.2, 0.25) is 5.88 Å². The van der Waals surface area contributed by atoms with Crippen LogP contribution in [0.1, 0.15) is 5.56 Å². The molecule has 88 valence electrons. The summed E-state index contributed by atoms with van der Waals surface area (Å²) in [6.45, 7) is 0. The molecule has 1 aromatic carbocycles. The zero-order chi connectivity index (χ0) is 12.3. The lowest BCUT2D eigenvalue weighted by atomic mass is 10.3. The fourth-order valence-corrected chi connectivity index (χ4v) is 2.25. The third kappa shape index (κ3) is 3.44. The van der Waals surface area contributed by atoms with Crippen molar-refractivity contribution >= 4 is 43.5 Å². The molecular weight excluding hydrogens is 369 g/mol. The minimum Gasteiger partial charge on any atom is -0.439 e. The Labute approximate surface area is 121 Å². The van der Waals surface area contributed by atoms with Gasteiger partial charge >= 0.3 is 0 Å². The Morgan fingerprint density at radius 3 is 2.71 bits per heavy atom. The smallest absolute Gasteiger partial charge is 0.223 e. The van der Waals surface area contributed by atoms with Crippen molar-refractivity contribution < 1.29 is 4.74 Å². The first kappa shape index (κ1) is 12.9. The molecule has 0 spiro atoms. The molecular formula is C12H8Br2ClNO. The number of ether oxygens (including phenoxy) is 1. The predicted octanol–water partition coefficient (Wildman–Crippen LogP) is 5.14. The summed E-state index contributed by atoms with van der Waals surface area (Å²) in [6.07, 6.45) is 1.68. The number of aromatic nitrogens is 1. The molecule has 0 fully saturated rings. The minimum atomic E-state index is 0.357. The number of rotatable bonds is 3. The van der Waals surface area contributed by atoms with E-state index < -0.39 is 0 Å². The van der Waals surface area contributed by atoms with Gasteiger partial charge in [0.25, 0.3) is 0 Å². The van der Waals surface area contributed by atoms with Gasteiger partial charge in [0.05, 0.1) is 5.88 Å². The Kier molecular flexibility index (Phi) is 4.42. The van der Waals surface area contributed by atoms with Gasteiger partial charge in [-0.2, -0.15) is 0 Å². The Morgan fingerprint density at radius 2 is 2.00 bits per heavy atom. The van der Waals surface area contributed by atoms with Crippen LogP contribution in [0, 0.1) is 0 Å². The molecule has 0 saturated heterocycles. The lowest BCUT2D eigenvalue weighted by Crippen LogP contribution is -1.93. The molecule has 0 aliphatic rings. The predicted molar refractivity (Wildman–Crippen MR) is 75.7 cm³/mol. The summed E-state index contributed by atoms with van der Waals surface area (Å²) >= 11 is 12.6. The molecule has 17 heavy (non-hydrogen) atoms. The van der Waals surface area contributed by atoms with E-state index in [1.807, 2.05) is 30.3 Å². The van der Waals surface area contributed by atoms with Crippen LogP contribution in [-0.2, 0) is 5.88 Å². The van der Waals surface area contributed by atoms with Crippen molar-refractivity contribution in [3.63, 3.8) is 0 Å². The van der Waals surface area contributed by atoms with Crippen LogP contribution < -0.4 is 4.74 Å². The van der Waals surface area contributed by atoms with E-state index in [4.69, 9.17) is 16.3 Å². The Balaban J connectivity index is 2.29. The van der Waals surface area contributed by atoms with E-state index in [0.717, 1.165) is 20.3 Å². The zero-order valence-corrected chi connectivity index (χ0v) is 12.6. The summed E-state index contributed by atoms with van der Waals surface area (Å²) in [7, 11) is 0. The highest BCUT2D eigenvalue weighted by molar-refractivity contribution is 9.10. The zero-order valence-electron chi connectivity index (χ0n) is 8.66. The molecule has 5 heteroatoms. The van der Waals surface area contributed by atoms with Crippen LogP contribution in [0.5, 0.6) is 11.6 Å². The number of benzene rings is 1. The van der Waals surface area contributed by atoms with Crippen molar-refractivity contribution in [2.24, 2.45) is 0 Å². The fourth-order valence-electron chi connectivity index (χ4n) is 1.30. The maximum Gasteiger partial charge on any atom is 0.223 e. The van der Waals surface area contributed by atoms with Crippen LogP contribution in [0.3, 0.4) is 0 Å². The molecule has 0 amide bonds. The van der Waals surface area contributed by atoms with E-state index in [9.17, 15) is 0 Å². The van der Waals surface area contributed by atoms with Crippen molar-refractivity contribution in [3.05, 3.63) is 51.0 Å². The molecule has 0 aliphatic heterocycles. The first-order valence-corrected chi connectivity index (χ1v) is 6.95. The van der Waals surface area contributed by atoms with Gasteiger partial charge in [-0.05, 0) is 40.2 Å². The molecule has 2 rings (SSSR count). The summed E-state index contributed by atoms with van der Waals surface area (Å²) in [5, 5.41) is 0. The Morgan fingerprint density at radius 1 is 1.18 bits per heavy atom. The van der Waals surface area contributed by atoms with Crippen molar-refractivity contribution in [1.29, 1.82) is 0 Å². The standard InChI is InChI=1S/C12H8Br2ClNO/c13-9-2-1-3-11(5-9)17-12-8(6-15)4-10(14)7-16-12/h1-5,7H,6H2. The maximum absolute atomic E-state index is 5.85. The normalized spacial score (nSPS) is 10.3. The van der Waals surface area contributed by atoms with Crippen molar-refractivity contribution in [1.82, 2.24) is 4.98 Å². The molecule has 0 radical (unpaired) electrons. The summed E-state index contributed by atoms with van der Waals surface area (Å²) in [5.41, 5.74) is 0.848. The second-order valence-electron chi connectivity index (χ2n) is 3.31. The number of halogens is 3. The van der Waals surface area contributed by atoms with Gasteiger partial charge in [0.1, 0.15) is 5.75 Å². The van der Waals surface area contributed by atoms with Gasteiger partial charge in [-0.1, -0.05) is 22.0 Å². The number of pyridine rings is 1. The van der Waals surface area contributed by atoms with Crippen LogP contribution in [0.2, 0.25) is 0 Å². The monoisotopic (exact) mass is 375 g/mol. The fraction of sp³-hybridized carbons (Fsp3) is 0.0833. The molecule has 0 atom stereocenters. The van der Waals surface area contributed by atoms with Gasteiger partial charge in [-0.25, -0.2) is 4.98 Å². The molecule has 1 heterocycles. The van der Waals surface area contributed by atoms with E-state index in [2.05, 4.69) is 36.8 Å². The summed E-state index contributed by atoms with van der Waals surface area (Å²) in [5.74, 6) is 1.61. The maximum atomic E-state index is 5.85. The number of nitrogens with zero attached hydrogens (tertiary/aromatic N) is 1. The summed E-state index contributed by atoms with van der Waals surface area (Å²) in [4.78, 5) is 4.21. The highest BCUT2D eigenvalue weighted by atomic mass is 79.9. The van der Waals surface area contributed by atoms with Gasteiger partial charge in [0.15, 0.2) is 0 Å². The van der Waals surface area contributed by atoms with Crippen LogP contribution in [0.25, 0.3) is 0 Å². The van der Waals surface area contributed by atoms with Crippen molar-refractivity contribution in [3.8, 4) is 11.6 Å². The van der Waals surface area contributed by atoms with Gasteiger partial charge in [-0.15, -0.1) is 11.6 Å². The number of alkyl halides is 1. The van der Waals surface area contributed by atoms with Crippen LogP contribution in [0.15, 0.2) is 45.5 Å². The summed E-state index contributed by atoms with van der Waals surface area (Å²) < 4.78 is 7.53. The van der Waals surface area contributed by atoms with Crippen molar-refractivity contribution in [2.45, 2.75) is 5.88 Å². The Hall–Kier alpha value is -0.580. The third-order valence-electron chi connectivity index (χ3n) is 2.05. The Bertz CT molecular complexity index is 534. The van der Waals surface area contributed by atoms with Gasteiger partial charge < -0.3 is 4.74 Å². The SMILES string of the molecule is ClCc1cc(Br)cnc1Oc1cccc(Br)c1. The molecule has 0 saturated carbocycles. The third-order valence-corrected chi connectivity index (χ3v) is 3.26. The molecule has 0 aliphatic carbocycles. The number of hydrogen-bond acceptors (Lipinski definition) is 2. The topological polar surface area (TPSA) is 22.1 Å². The molecule has 1 aromatic heterocycles. The lowest BCUT2D eigenvalue weighted by Gasteiger charge is -2.08. The average Bonchev–Trinajstić information content (AvgIpc) is 2.31. The first-order chi connectivity index (χ1) is 8.19. The first-order valence-electron chi connectivity index (χ1n) is 4.83. The molecule has 0 unspecified atom stereocenters. The second kappa shape index (κ2) is 5.85. The molecule has 0 bridgehead atoms. The lowest BCUT2D eigenvalue weighted by molar-refractivity contribution is 0.458. The molecule has 0 N–H and O–H groups in total. The molecule has 2 nitrogen and oxygen atoms in total. The van der Waals surface area contributed by atoms with E-state index in [-0.39, 0.29) is 0 Å². The highest BCUT2D eigenvalue weighted by Crippen LogP contribution is 2.28. The second-order valence-corrected chi connectivity index (χ2v) is 5.41. The van der Waals surface area contributed by atoms with E-state index >= 15 is 0 Å². The van der Waals surface area contributed by atoms with Crippen molar-refractivity contribution in [2.75, 3.05) is 0 Å². The minimum absolute atomic E-state index is 0.357. The van der Waals surface area contributed by atoms with Crippen LogP contribution >= 0.6 is 43.5 Å². The van der Waals surface area contributed by atoms with E-state index in [0.29, 0.717) is 11.8 Å². The van der Waals surface area contributed by atoms with Gasteiger partial charge in [0, 0.05) is 20.7 Å². The van der Waals surface area contributed by atoms with Crippen LogP contribution in [0.4, 0.5) is 0 Å². The number of hydrogen-bond donors (Lipinski definition) is 0. The largest absolute Gasteiger partial charge is 0.439 e. The van der Waals surface area contributed by atoms with Gasteiger partial charge in [-0.3, -0.25) is 0 Å². The van der Waals surface area contributed by atoms with Crippen LogP contribution in [-0.4, -0.2) is 4.98 Å². The highest BCUT2D eigenvalue weighted by Gasteiger charge is 2.07. The quantitative estimate of drug-likeness (QED) is 0.691. The molecule has 2 aromatic rings. The van der Waals surface area contributed by atoms with E-state index in [1.54, 1.807) is 6.20 Å². The van der Waals surface area contributed by atoms with E-state index in [1.165, 1.54) is 0 Å².